The Balaban J connectivity index is 3.90. The van der Waals surface area contributed by atoms with E-state index in [0.717, 1.165) is 12.8 Å². The molecule has 0 aromatic heterocycles. The first kappa shape index (κ1) is 15.2. The highest BCUT2D eigenvalue weighted by Gasteiger charge is 2.21. The topological polar surface area (TPSA) is 64.3 Å². The molecule has 0 heterocycles. The number of ether oxygens (including phenoxy) is 1. The molecule has 0 fully saturated rings. The Morgan fingerprint density at radius 2 is 1.81 bits per heavy atom. The fourth-order valence-corrected chi connectivity index (χ4v) is 1.29. The van der Waals surface area contributed by atoms with E-state index in [9.17, 15) is 4.79 Å². The predicted molar refractivity (Wildman–Crippen MR) is 66.3 cm³/mol. The van der Waals surface area contributed by atoms with E-state index in [1.54, 1.807) is 0 Å². The van der Waals surface area contributed by atoms with Crippen LogP contribution in [-0.2, 0) is 4.74 Å². The second-order valence-corrected chi connectivity index (χ2v) is 5.91. The molecule has 0 radical (unpaired) electrons. The Hall–Kier alpha value is -0.770. The Labute approximate surface area is 98.9 Å². The third-order valence-electron chi connectivity index (χ3n) is 2.17. The standard InChI is InChI=1S/C12H26N2O2/c1-11(2,3)16-10(15)14-9-12(4,5)7-6-8-13/h6-9,13H2,1-5H3,(H,14,15). The summed E-state index contributed by atoms with van der Waals surface area (Å²) in [5, 5.41) is 2.79. The highest BCUT2D eigenvalue weighted by molar-refractivity contribution is 5.67. The van der Waals surface area contributed by atoms with Gasteiger partial charge in [0.1, 0.15) is 5.60 Å². The van der Waals surface area contributed by atoms with Gasteiger partial charge in [0.25, 0.3) is 0 Å². The summed E-state index contributed by atoms with van der Waals surface area (Å²) in [4.78, 5) is 11.4. The molecule has 0 saturated carbocycles. The zero-order valence-electron chi connectivity index (χ0n) is 11.2. The number of hydrogen-bond acceptors (Lipinski definition) is 3. The number of amides is 1. The second kappa shape index (κ2) is 6.09. The van der Waals surface area contributed by atoms with E-state index in [0.29, 0.717) is 13.1 Å². The predicted octanol–water partition coefficient (Wildman–Crippen LogP) is 2.28. The van der Waals surface area contributed by atoms with Gasteiger partial charge in [0, 0.05) is 6.54 Å². The van der Waals surface area contributed by atoms with Crippen LogP contribution in [0.2, 0.25) is 0 Å². The Morgan fingerprint density at radius 3 is 2.25 bits per heavy atom. The van der Waals surface area contributed by atoms with Crippen molar-refractivity contribution in [3.63, 3.8) is 0 Å². The zero-order chi connectivity index (χ0) is 12.8. The molecular weight excluding hydrogens is 204 g/mol. The minimum atomic E-state index is -0.439. The van der Waals surface area contributed by atoms with Crippen LogP contribution in [0.1, 0.15) is 47.5 Å². The van der Waals surface area contributed by atoms with Gasteiger partial charge in [-0.3, -0.25) is 0 Å². The fourth-order valence-electron chi connectivity index (χ4n) is 1.29. The molecule has 0 aromatic carbocycles. The number of carbonyl (C=O) groups is 1. The van der Waals surface area contributed by atoms with E-state index in [1.165, 1.54) is 0 Å². The van der Waals surface area contributed by atoms with E-state index in [1.807, 2.05) is 20.8 Å². The van der Waals surface area contributed by atoms with Crippen molar-refractivity contribution in [2.24, 2.45) is 11.1 Å². The van der Waals surface area contributed by atoms with Gasteiger partial charge in [-0.25, -0.2) is 4.79 Å². The van der Waals surface area contributed by atoms with Gasteiger partial charge in [0.2, 0.25) is 0 Å². The Morgan fingerprint density at radius 1 is 1.25 bits per heavy atom. The van der Waals surface area contributed by atoms with Gasteiger partial charge in [0.15, 0.2) is 0 Å². The average Bonchev–Trinajstić information content (AvgIpc) is 2.09. The summed E-state index contributed by atoms with van der Waals surface area (Å²) in [6.45, 7) is 11.1. The molecule has 4 heteroatoms. The van der Waals surface area contributed by atoms with Crippen LogP contribution in [0.3, 0.4) is 0 Å². The number of rotatable bonds is 5. The van der Waals surface area contributed by atoms with E-state index >= 15 is 0 Å². The van der Waals surface area contributed by atoms with Crippen LogP contribution >= 0.6 is 0 Å². The zero-order valence-corrected chi connectivity index (χ0v) is 11.2. The van der Waals surface area contributed by atoms with Crippen molar-refractivity contribution in [2.75, 3.05) is 13.1 Å². The van der Waals surface area contributed by atoms with Gasteiger partial charge in [0.05, 0.1) is 0 Å². The minimum Gasteiger partial charge on any atom is -0.444 e. The van der Waals surface area contributed by atoms with E-state index in [-0.39, 0.29) is 11.5 Å². The van der Waals surface area contributed by atoms with Gasteiger partial charge in [-0.2, -0.15) is 0 Å². The lowest BCUT2D eigenvalue weighted by atomic mass is 9.88. The molecular formula is C12H26N2O2. The van der Waals surface area contributed by atoms with Gasteiger partial charge in [-0.1, -0.05) is 13.8 Å². The smallest absolute Gasteiger partial charge is 0.407 e. The van der Waals surface area contributed by atoms with E-state index in [4.69, 9.17) is 10.5 Å². The summed E-state index contributed by atoms with van der Waals surface area (Å²) in [5.41, 5.74) is 5.09. The molecule has 96 valence electrons. The summed E-state index contributed by atoms with van der Waals surface area (Å²) in [6.07, 6.45) is 1.62. The van der Waals surface area contributed by atoms with E-state index in [2.05, 4.69) is 19.2 Å². The highest BCUT2D eigenvalue weighted by atomic mass is 16.6. The molecule has 0 aliphatic carbocycles. The molecule has 4 nitrogen and oxygen atoms in total. The first-order valence-corrected chi connectivity index (χ1v) is 5.83. The molecule has 0 aliphatic rings. The number of alkyl carbamates (subject to hydrolysis) is 1. The van der Waals surface area contributed by atoms with Crippen LogP contribution in [0.15, 0.2) is 0 Å². The lowest BCUT2D eigenvalue weighted by Gasteiger charge is -2.26. The van der Waals surface area contributed by atoms with Gasteiger partial charge >= 0.3 is 6.09 Å². The van der Waals surface area contributed by atoms with Gasteiger partial charge in [-0.05, 0) is 45.6 Å². The maximum atomic E-state index is 11.4. The molecule has 0 unspecified atom stereocenters. The molecule has 0 rings (SSSR count). The Kier molecular flexibility index (Phi) is 5.79. The number of nitrogens with one attached hydrogen (secondary N) is 1. The molecule has 0 aromatic rings. The second-order valence-electron chi connectivity index (χ2n) is 5.91. The SMILES string of the molecule is CC(C)(CCCN)CNC(=O)OC(C)(C)C. The van der Waals surface area contributed by atoms with Crippen molar-refractivity contribution < 1.29 is 9.53 Å². The van der Waals surface area contributed by atoms with Crippen molar-refractivity contribution in [2.45, 2.75) is 53.1 Å². The van der Waals surface area contributed by atoms with Crippen LogP contribution in [0.5, 0.6) is 0 Å². The average molecular weight is 230 g/mol. The van der Waals surface area contributed by atoms with Crippen molar-refractivity contribution in [1.82, 2.24) is 5.32 Å². The highest BCUT2D eigenvalue weighted by Crippen LogP contribution is 2.20. The summed E-state index contributed by atoms with van der Waals surface area (Å²) in [6, 6.07) is 0. The molecule has 16 heavy (non-hydrogen) atoms. The molecule has 0 bridgehead atoms. The molecule has 0 atom stereocenters. The van der Waals surface area contributed by atoms with Crippen LogP contribution in [0.4, 0.5) is 4.79 Å². The third kappa shape index (κ3) is 8.53. The van der Waals surface area contributed by atoms with Crippen LogP contribution in [0.25, 0.3) is 0 Å². The quantitative estimate of drug-likeness (QED) is 0.761. The first-order chi connectivity index (χ1) is 7.16. The summed E-state index contributed by atoms with van der Waals surface area (Å²) in [7, 11) is 0. The van der Waals surface area contributed by atoms with Crippen LogP contribution < -0.4 is 11.1 Å². The van der Waals surface area contributed by atoms with Crippen LogP contribution in [-0.4, -0.2) is 24.8 Å². The molecule has 0 spiro atoms. The number of carbonyl (C=O) groups excluding carboxylic acids is 1. The summed E-state index contributed by atoms with van der Waals surface area (Å²) < 4.78 is 5.16. The first-order valence-electron chi connectivity index (χ1n) is 5.83. The normalized spacial score (nSPS) is 12.4. The molecule has 0 aliphatic heterocycles. The van der Waals surface area contributed by atoms with Gasteiger partial charge in [-0.15, -0.1) is 0 Å². The Bertz CT molecular complexity index is 220. The van der Waals surface area contributed by atoms with Crippen molar-refractivity contribution >= 4 is 6.09 Å². The summed E-state index contributed by atoms with van der Waals surface area (Å²) in [5.74, 6) is 0. The summed E-state index contributed by atoms with van der Waals surface area (Å²) >= 11 is 0. The van der Waals surface area contributed by atoms with Gasteiger partial charge < -0.3 is 15.8 Å². The molecule has 1 amide bonds. The lowest BCUT2D eigenvalue weighted by Crippen LogP contribution is -2.38. The maximum Gasteiger partial charge on any atom is 0.407 e. The lowest BCUT2D eigenvalue weighted by molar-refractivity contribution is 0.0504. The van der Waals surface area contributed by atoms with Crippen molar-refractivity contribution in [3.8, 4) is 0 Å². The largest absolute Gasteiger partial charge is 0.444 e. The monoisotopic (exact) mass is 230 g/mol. The number of nitrogens with two attached hydrogens (primary N) is 1. The number of hydrogen-bond donors (Lipinski definition) is 2. The fraction of sp³-hybridized carbons (Fsp3) is 0.917. The van der Waals surface area contributed by atoms with Crippen molar-refractivity contribution in [1.29, 1.82) is 0 Å². The maximum absolute atomic E-state index is 11.4. The van der Waals surface area contributed by atoms with E-state index < -0.39 is 5.60 Å². The molecule has 0 saturated heterocycles. The molecule has 3 N–H and O–H groups in total. The minimum absolute atomic E-state index is 0.0657. The van der Waals surface area contributed by atoms with Crippen molar-refractivity contribution in [3.05, 3.63) is 0 Å². The van der Waals surface area contributed by atoms with Crippen LogP contribution in [0, 0.1) is 5.41 Å². The third-order valence-corrected chi connectivity index (χ3v) is 2.17.